The van der Waals surface area contributed by atoms with Crippen molar-refractivity contribution in [2.24, 2.45) is 0 Å². The first kappa shape index (κ1) is 44.4. The van der Waals surface area contributed by atoms with Crippen LogP contribution in [-0.4, -0.2) is 0 Å². The Hall–Kier alpha value is -8.40. The number of anilines is 9. The summed E-state index contributed by atoms with van der Waals surface area (Å²) in [6, 6.07) is 86.9. The zero-order valence-electron chi connectivity index (χ0n) is 40.4. The van der Waals surface area contributed by atoms with E-state index in [2.05, 4.69) is 293 Å². The van der Waals surface area contributed by atoms with Crippen molar-refractivity contribution in [1.82, 2.24) is 0 Å². The zero-order valence-corrected chi connectivity index (χ0v) is 40.4. The van der Waals surface area contributed by atoms with Gasteiger partial charge in [-0.25, -0.2) is 0 Å². The molecule has 10 rings (SSSR count). The predicted octanol–water partition coefficient (Wildman–Crippen LogP) is 18.9. The third-order valence-corrected chi connectivity index (χ3v) is 13.0. The molecule has 0 aromatic heterocycles. The smallest absolute Gasteiger partial charge is 0.0467 e. The molecule has 0 saturated heterocycles. The molecule has 0 aliphatic heterocycles. The molecule has 0 bridgehead atoms. The molecule has 0 fully saturated rings. The van der Waals surface area contributed by atoms with E-state index in [9.17, 15) is 0 Å². The molecule has 0 aliphatic carbocycles. The highest BCUT2D eigenvalue weighted by Crippen LogP contribution is 2.43. The average molecular weight is 892 g/mol. The lowest BCUT2D eigenvalue weighted by atomic mass is 9.92. The molecule has 0 amide bonds. The van der Waals surface area contributed by atoms with Gasteiger partial charge in [-0.2, -0.15) is 0 Å². The summed E-state index contributed by atoms with van der Waals surface area (Å²) in [6.07, 6.45) is 0. The molecule has 0 atom stereocenters. The standard InChI is InChI=1S/C66H57N3/c1-46-16-28-58(29-17-46)67(59-30-18-47(2)19-31-59)64-13-7-10-52(43-64)55-40-56(53-11-8-14-65(44-53)68(60-32-20-48(3)21-33-60)61-34-22-49(4)23-35-61)42-57(41-55)54-12-9-15-66(45-54)69(62-36-24-50(5)25-37-62)63-38-26-51(6)27-39-63/h7-45H,1-6H3. The van der Waals surface area contributed by atoms with Crippen LogP contribution in [-0.2, 0) is 0 Å². The molecule has 3 nitrogen and oxygen atoms in total. The van der Waals surface area contributed by atoms with E-state index in [0.29, 0.717) is 0 Å². The summed E-state index contributed by atoms with van der Waals surface area (Å²) in [4.78, 5) is 7.07. The maximum absolute atomic E-state index is 2.36. The lowest BCUT2D eigenvalue weighted by Crippen LogP contribution is -2.10. The fraction of sp³-hybridized carbons (Fsp3) is 0.0909. The van der Waals surface area contributed by atoms with Crippen LogP contribution in [0.15, 0.2) is 237 Å². The normalized spacial score (nSPS) is 11.0. The van der Waals surface area contributed by atoms with E-state index in [4.69, 9.17) is 0 Å². The van der Waals surface area contributed by atoms with Crippen LogP contribution in [0.1, 0.15) is 33.4 Å². The third kappa shape index (κ3) is 9.86. The largest absolute Gasteiger partial charge is 0.310 e. The second kappa shape index (κ2) is 19.4. The summed E-state index contributed by atoms with van der Waals surface area (Å²) in [5.74, 6) is 0. The molecule has 0 spiro atoms. The Bertz CT molecular complexity index is 2840. The van der Waals surface area contributed by atoms with Crippen molar-refractivity contribution in [2.75, 3.05) is 14.7 Å². The molecular weight excluding hydrogens is 835 g/mol. The first-order valence-corrected chi connectivity index (χ1v) is 23.9. The van der Waals surface area contributed by atoms with Crippen LogP contribution in [0.4, 0.5) is 51.2 Å². The molecule has 10 aromatic carbocycles. The van der Waals surface area contributed by atoms with E-state index < -0.39 is 0 Å². The Balaban J connectivity index is 1.14. The van der Waals surface area contributed by atoms with Crippen molar-refractivity contribution < 1.29 is 0 Å². The van der Waals surface area contributed by atoms with Crippen LogP contribution in [0, 0.1) is 41.5 Å². The molecule has 0 unspecified atom stereocenters. The first-order chi connectivity index (χ1) is 33.6. The van der Waals surface area contributed by atoms with Gasteiger partial charge in [0.15, 0.2) is 0 Å². The molecular formula is C66H57N3. The van der Waals surface area contributed by atoms with E-state index >= 15 is 0 Å². The number of rotatable bonds is 12. The first-order valence-electron chi connectivity index (χ1n) is 23.9. The van der Waals surface area contributed by atoms with Gasteiger partial charge >= 0.3 is 0 Å². The van der Waals surface area contributed by atoms with Gasteiger partial charge in [-0.1, -0.05) is 143 Å². The van der Waals surface area contributed by atoms with Crippen molar-refractivity contribution in [3.05, 3.63) is 270 Å². The van der Waals surface area contributed by atoms with Gasteiger partial charge in [-0.15, -0.1) is 0 Å². The minimum absolute atomic E-state index is 1.09. The SMILES string of the molecule is Cc1ccc(N(c2ccc(C)cc2)c2cccc(-c3cc(-c4cccc(N(c5ccc(C)cc5)c5ccc(C)cc5)c4)cc(-c4cccc(N(c5ccc(C)cc5)c5ccc(C)cc5)c4)c3)c2)cc1. The maximum Gasteiger partial charge on any atom is 0.0467 e. The van der Waals surface area contributed by atoms with E-state index in [0.717, 1.165) is 84.6 Å². The summed E-state index contributed by atoms with van der Waals surface area (Å²) in [7, 11) is 0. The van der Waals surface area contributed by atoms with Gasteiger partial charge < -0.3 is 14.7 Å². The lowest BCUT2D eigenvalue weighted by Gasteiger charge is -2.27. The summed E-state index contributed by atoms with van der Waals surface area (Å²) in [6.45, 7) is 12.8. The topological polar surface area (TPSA) is 9.72 Å². The molecule has 0 N–H and O–H groups in total. The van der Waals surface area contributed by atoms with E-state index in [-0.39, 0.29) is 0 Å². The summed E-state index contributed by atoms with van der Waals surface area (Å²) in [5, 5.41) is 0. The summed E-state index contributed by atoms with van der Waals surface area (Å²) >= 11 is 0. The Morgan fingerprint density at radius 1 is 0.174 bits per heavy atom. The van der Waals surface area contributed by atoms with Crippen molar-refractivity contribution in [1.29, 1.82) is 0 Å². The molecule has 0 radical (unpaired) electrons. The minimum atomic E-state index is 1.09. The quantitative estimate of drug-likeness (QED) is 0.121. The van der Waals surface area contributed by atoms with Crippen LogP contribution in [0.25, 0.3) is 33.4 Å². The van der Waals surface area contributed by atoms with Crippen molar-refractivity contribution >= 4 is 51.2 Å². The van der Waals surface area contributed by atoms with Gasteiger partial charge in [-0.05, 0) is 202 Å². The molecule has 69 heavy (non-hydrogen) atoms. The highest BCUT2D eigenvalue weighted by Gasteiger charge is 2.19. The Morgan fingerprint density at radius 2 is 0.362 bits per heavy atom. The minimum Gasteiger partial charge on any atom is -0.310 e. The van der Waals surface area contributed by atoms with Crippen LogP contribution in [0.2, 0.25) is 0 Å². The summed E-state index contributed by atoms with van der Waals surface area (Å²) in [5.41, 5.74) is 24.2. The van der Waals surface area contributed by atoms with Crippen LogP contribution >= 0.6 is 0 Å². The number of aryl methyl sites for hydroxylation is 6. The van der Waals surface area contributed by atoms with Gasteiger partial charge in [0.2, 0.25) is 0 Å². The van der Waals surface area contributed by atoms with Crippen molar-refractivity contribution in [2.45, 2.75) is 41.5 Å². The summed E-state index contributed by atoms with van der Waals surface area (Å²) < 4.78 is 0. The molecule has 0 aliphatic rings. The van der Waals surface area contributed by atoms with E-state index in [1.54, 1.807) is 0 Å². The second-order valence-electron chi connectivity index (χ2n) is 18.5. The van der Waals surface area contributed by atoms with Crippen LogP contribution < -0.4 is 14.7 Å². The fourth-order valence-corrected chi connectivity index (χ4v) is 9.11. The number of hydrogen-bond acceptors (Lipinski definition) is 3. The fourth-order valence-electron chi connectivity index (χ4n) is 9.11. The maximum atomic E-state index is 2.36. The van der Waals surface area contributed by atoms with Gasteiger partial charge in [0.05, 0.1) is 0 Å². The number of hydrogen-bond donors (Lipinski definition) is 0. The highest BCUT2D eigenvalue weighted by molar-refractivity contribution is 5.88. The average Bonchev–Trinajstić information content (AvgIpc) is 3.38. The number of benzene rings is 10. The zero-order chi connectivity index (χ0) is 47.4. The Morgan fingerprint density at radius 3 is 0.551 bits per heavy atom. The molecule has 0 heterocycles. The van der Waals surface area contributed by atoms with E-state index in [1.807, 2.05) is 0 Å². The van der Waals surface area contributed by atoms with Gasteiger partial charge in [0.1, 0.15) is 0 Å². The molecule has 0 saturated carbocycles. The molecule has 3 heteroatoms. The molecule has 10 aromatic rings. The Labute approximate surface area is 408 Å². The number of nitrogens with zero attached hydrogens (tertiary/aromatic N) is 3. The van der Waals surface area contributed by atoms with Gasteiger partial charge in [-0.3, -0.25) is 0 Å². The van der Waals surface area contributed by atoms with Crippen molar-refractivity contribution in [3.8, 4) is 33.4 Å². The lowest BCUT2D eigenvalue weighted by molar-refractivity contribution is 1.27. The predicted molar refractivity (Wildman–Crippen MR) is 295 cm³/mol. The van der Waals surface area contributed by atoms with Gasteiger partial charge in [0.25, 0.3) is 0 Å². The Kier molecular flexibility index (Phi) is 12.5. The van der Waals surface area contributed by atoms with Crippen LogP contribution in [0.5, 0.6) is 0 Å². The highest BCUT2D eigenvalue weighted by atomic mass is 15.2. The third-order valence-electron chi connectivity index (χ3n) is 13.0. The van der Waals surface area contributed by atoms with E-state index in [1.165, 1.54) is 33.4 Å². The van der Waals surface area contributed by atoms with Gasteiger partial charge in [0, 0.05) is 51.2 Å². The molecule has 336 valence electrons. The van der Waals surface area contributed by atoms with Crippen LogP contribution in [0.3, 0.4) is 0 Å². The monoisotopic (exact) mass is 891 g/mol. The second-order valence-corrected chi connectivity index (χ2v) is 18.5. The van der Waals surface area contributed by atoms with Crippen molar-refractivity contribution in [3.63, 3.8) is 0 Å².